The molecule has 0 spiro atoms. The molecule has 1 saturated heterocycles. The normalized spacial score (nSPS) is 19.8. The lowest BCUT2D eigenvalue weighted by Crippen LogP contribution is -2.56. The Kier molecular flexibility index (Phi) is 10.3. The number of benzene rings is 1. The number of pyridine rings is 1. The van der Waals surface area contributed by atoms with E-state index in [1.807, 2.05) is 36.4 Å². The number of nitrogens with one attached hydrogen (secondary N) is 1. The molecule has 1 aliphatic heterocycles. The number of aromatic nitrogens is 1. The maximum atomic E-state index is 13.6. The van der Waals surface area contributed by atoms with Gasteiger partial charge >= 0.3 is 12.1 Å². The van der Waals surface area contributed by atoms with E-state index in [0.717, 1.165) is 30.4 Å². The number of carbonyl (C=O) groups is 4. The van der Waals surface area contributed by atoms with Gasteiger partial charge in [-0.1, -0.05) is 43.2 Å². The molecule has 3 N–H and O–H groups in total. The molecule has 3 atom stereocenters. The number of aliphatic carboxylic acids is 1. The molecule has 1 aliphatic carbocycles. The predicted molar refractivity (Wildman–Crippen MR) is 150 cm³/mol. The van der Waals surface area contributed by atoms with Crippen LogP contribution in [0, 0.1) is 0 Å². The van der Waals surface area contributed by atoms with Crippen LogP contribution in [0.2, 0.25) is 0 Å². The van der Waals surface area contributed by atoms with E-state index in [1.165, 1.54) is 9.80 Å². The van der Waals surface area contributed by atoms with Crippen molar-refractivity contribution in [3.8, 4) is 11.3 Å². The molecular weight excluding hydrogens is 528 g/mol. The fourth-order valence-corrected chi connectivity index (χ4v) is 5.44. The minimum absolute atomic E-state index is 0.0927. The smallest absolute Gasteiger partial charge is 0.409 e. The van der Waals surface area contributed by atoms with Crippen LogP contribution in [0.25, 0.3) is 11.3 Å². The fraction of sp³-hybridized carbons (Fsp3) is 0.500. The maximum absolute atomic E-state index is 13.6. The Labute approximate surface area is 239 Å². The molecule has 0 radical (unpaired) electrons. The first-order valence-electron chi connectivity index (χ1n) is 14.3. The second-order valence-electron chi connectivity index (χ2n) is 10.5. The molecule has 11 nitrogen and oxygen atoms in total. The Bertz CT molecular complexity index is 1230. The molecule has 220 valence electrons. The molecule has 1 saturated carbocycles. The highest BCUT2D eigenvalue weighted by Gasteiger charge is 2.32. The van der Waals surface area contributed by atoms with E-state index in [-0.39, 0.29) is 57.2 Å². The highest BCUT2D eigenvalue weighted by Crippen LogP contribution is 2.35. The minimum atomic E-state index is -1.08. The lowest BCUT2D eigenvalue weighted by Gasteiger charge is -2.36. The van der Waals surface area contributed by atoms with Crippen LogP contribution in [0.15, 0.2) is 42.5 Å². The van der Waals surface area contributed by atoms with E-state index in [1.54, 1.807) is 13.0 Å². The number of hydrogen-bond donors (Lipinski definition) is 3. The van der Waals surface area contributed by atoms with Gasteiger partial charge in [0, 0.05) is 44.1 Å². The van der Waals surface area contributed by atoms with E-state index in [2.05, 4.69) is 10.3 Å². The monoisotopic (exact) mass is 566 g/mol. The van der Waals surface area contributed by atoms with E-state index in [9.17, 15) is 29.4 Å². The summed E-state index contributed by atoms with van der Waals surface area (Å²) in [5, 5.41) is 22.7. The Morgan fingerprint density at radius 2 is 1.71 bits per heavy atom. The minimum Gasteiger partial charge on any atom is -0.481 e. The third-order valence-electron chi connectivity index (χ3n) is 7.68. The quantitative estimate of drug-likeness (QED) is 0.419. The molecule has 11 heteroatoms. The third kappa shape index (κ3) is 7.81. The maximum Gasteiger partial charge on any atom is 0.409 e. The van der Waals surface area contributed by atoms with Crippen LogP contribution in [0.1, 0.15) is 67.4 Å². The van der Waals surface area contributed by atoms with Crippen molar-refractivity contribution in [2.75, 3.05) is 32.8 Å². The van der Waals surface area contributed by atoms with Crippen molar-refractivity contribution >= 4 is 23.9 Å². The Hall–Kier alpha value is -3.99. The number of piperazine rings is 1. The van der Waals surface area contributed by atoms with Crippen LogP contribution in [0.3, 0.4) is 0 Å². The number of carbonyl (C=O) groups excluding carboxylic acids is 3. The Morgan fingerprint density at radius 1 is 1.02 bits per heavy atom. The van der Waals surface area contributed by atoms with Crippen molar-refractivity contribution in [2.24, 2.45) is 0 Å². The number of rotatable bonds is 9. The molecule has 1 aromatic carbocycles. The Balaban J connectivity index is 1.56. The summed E-state index contributed by atoms with van der Waals surface area (Å²) in [5.41, 5.74) is 2.29. The molecule has 1 aromatic heterocycles. The van der Waals surface area contributed by atoms with Gasteiger partial charge in [0.25, 0.3) is 5.91 Å². The van der Waals surface area contributed by atoms with Crippen LogP contribution in [-0.4, -0.2) is 93.8 Å². The number of carboxylic acid groups (broad SMARTS) is 1. The fourth-order valence-electron chi connectivity index (χ4n) is 5.44. The van der Waals surface area contributed by atoms with Crippen LogP contribution in [0.5, 0.6) is 0 Å². The summed E-state index contributed by atoms with van der Waals surface area (Å²) < 4.78 is 5.03. The van der Waals surface area contributed by atoms with Gasteiger partial charge in [0.15, 0.2) is 0 Å². The molecule has 41 heavy (non-hydrogen) atoms. The van der Waals surface area contributed by atoms with E-state index in [0.29, 0.717) is 12.1 Å². The number of aliphatic hydroxyl groups excluding tert-OH is 1. The number of amides is 3. The lowest BCUT2D eigenvalue weighted by molar-refractivity contribution is -0.138. The first-order chi connectivity index (χ1) is 19.8. The van der Waals surface area contributed by atoms with Gasteiger partial charge in [-0.2, -0.15) is 0 Å². The van der Waals surface area contributed by atoms with Gasteiger partial charge in [0.05, 0.1) is 18.4 Å². The van der Waals surface area contributed by atoms with Gasteiger partial charge in [0.1, 0.15) is 11.7 Å². The summed E-state index contributed by atoms with van der Waals surface area (Å²) in [7, 11) is 0. The van der Waals surface area contributed by atoms with Gasteiger partial charge in [-0.15, -0.1) is 0 Å². The van der Waals surface area contributed by atoms with Crippen molar-refractivity contribution in [3.63, 3.8) is 0 Å². The van der Waals surface area contributed by atoms with Gasteiger partial charge < -0.3 is 30.1 Å². The molecule has 2 heterocycles. The van der Waals surface area contributed by atoms with E-state index >= 15 is 0 Å². The van der Waals surface area contributed by atoms with Gasteiger partial charge in [-0.25, -0.2) is 9.78 Å². The van der Waals surface area contributed by atoms with E-state index in [4.69, 9.17) is 4.74 Å². The zero-order valence-electron chi connectivity index (χ0n) is 23.3. The second kappa shape index (κ2) is 14.1. The average Bonchev–Trinajstić information content (AvgIpc) is 2.99. The summed E-state index contributed by atoms with van der Waals surface area (Å²) >= 11 is 0. The summed E-state index contributed by atoms with van der Waals surface area (Å²) in [6.07, 6.45) is 2.02. The van der Waals surface area contributed by atoms with Gasteiger partial charge in [-0.05, 0) is 43.9 Å². The van der Waals surface area contributed by atoms with Crippen molar-refractivity contribution < 1.29 is 34.1 Å². The second-order valence-corrected chi connectivity index (χ2v) is 10.5. The summed E-state index contributed by atoms with van der Waals surface area (Å²) in [6, 6.07) is 11.9. The van der Waals surface area contributed by atoms with Gasteiger partial charge in [-0.3, -0.25) is 14.4 Å². The zero-order valence-corrected chi connectivity index (χ0v) is 23.3. The lowest BCUT2D eigenvalue weighted by atomic mass is 9.81. The number of ether oxygens (including phenoxy) is 1. The molecule has 2 fully saturated rings. The van der Waals surface area contributed by atoms with Crippen LogP contribution >= 0.6 is 0 Å². The first kappa shape index (κ1) is 30.0. The predicted octanol–water partition coefficient (Wildman–Crippen LogP) is 3.03. The van der Waals surface area contributed by atoms with Crippen molar-refractivity contribution in [2.45, 2.75) is 63.5 Å². The van der Waals surface area contributed by atoms with Crippen molar-refractivity contribution in [1.29, 1.82) is 0 Å². The third-order valence-corrected chi connectivity index (χ3v) is 7.68. The number of aliphatic hydroxyl groups is 1. The molecule has 3 unspecified atom stereocenters. The molecule has 0 bridgehead atoms. The molecule has 4 rings (SSSR count). The SMILES string of the molecule is CCOC(=O)N1CCN(C(=O)C(CCC(=O)O)NC(=O)c2cc(C3CCCCC3O)cc(-c3ccccc3)n2)CC1. The topological polar surface area (TPSA) is 149 Å². The number of nitrogens with zero attached hydrogens (tertiary/aromatic N) is 3. The van der Waals surface area contributed by atoms with Crippen LogP contribution < -0.4 is 5.32 Å². The summed E-state index contributed by atoms with van der Waals surface area (Å²) in [5.74, 6) is -2.23. The average molecular weight is 567 g/mol. The van der Waals surface area contributed by atoms with Crippen molar-refractivity contribution in [1.82, 2.24) is 20.1 Å². The van der Waals surface area contributed by atoms with Crippen LogP contribution in [0.4, 0.5) is 4.79 Å². The molecular formula is C30H38N4O7. The highest BCUT2D eigenvalue weighted by molar-refractivity contribution is 5.97. The summed E-state index contributed by atoms with van der Waals surface area (Å²) in [4.78, 5) is 58.1. The highest BCUT2D eigenvalue weighted by atomic mass is 16.6. The molecule has 3 amide bonds. The van der Waals surface area contributed by atoms with E-state index < -0.39 is 36.0 Å². The summed E-state index contributed by atoms with van der Waals surface area (Å²) in [6.45, 7) is 3.00. The zero-order chi connectivity index (χ0) is 29.4. The number of hydrogen-bond acceptors (Lipinski definition) is 7. The van der Waals surface area contributed by atoms with Crippen LogP contribution in [-0.2, 0) is 14.3 Å². The molecule has 2 aliphatic rings. The standard InChI is InChI=1S/C30H38N4O7/c1-2-41-30(40)34-16-14-33(15-17-34)29(39)23(12-13-27(36)37)32-28(38)25-19-21(22-10-6-7-11-26(22)35)18-24(31-25)20-8-4-3-5-9-20/h3-5,8-9,18-19,22-23,26,35H,2,6-7,10-17H2,1H3,(H,32,38)(H,36,37). The molecule has 2 aromatic rings. The first-order valence-corrected chi connectivity index (χ1v) is 14.3. The largest absolute Gasteiger partial charge is 0.481 e. The number of carboxylic acids is 1. The van der Waals surface area contributed by atoms with Crippen molar-refractivity contribution in [3.05, 3.63) is 53.7 Å². The van der Waals surface area contributed by atoms with Gasteiger partial charge in [0.2, 0.25) is 5.91 Å². The Morgan fingerprint density at radius 3 is 2.37 bits per heavy atom.